The first-order valence-corrected chi connectivity index (χ1v) is 9.38. The zero-order valence-corrected chi connectivity index (χ0v) is 15.2. The van der Waals surface area contributed by atoms with Gasteiger partial charge >= 0.3 is 0 Å². The Morgan fingerprint density at radius 2 is 2.23 bits per heavy atom. The first-order valence-electron chi connectivity index (χ1n) is 8.56. The SMILES string of the molecule is CC1CCN(c2nn3c(=O)c(C(=O)NCc4ccco4)cnc3s2)CC1. The molecule has 1 amide bonds. The lowest BCUT2D eigenvalue weighted by atomic mass is 10.00. The molecule has 0 bridgehead atoms. The summed E-state index contributed by atoms with van der Waals surface area (Å²) in [7, 11) is 0. The predicted octanol–water partition coefficient (Wildman–Crippen LogP) is 1.91. The van der Waals surface area contributed by atoms with Crippen molar-refractivity contribution in [1.82, 2.24) is 19.9 Å². The van der Waals surface area contributed by atoms with Crippen molar-refractivity contribution in [3.8, 4) is 0 Å². The maximum Gasteiger partial charge on any atom is 0.288 e. The molecule has 26 heavy (non-hydrogen) atoms. The quantitative estimate of drug-likeness (QED) is 0.751. The van der Waals surface area contributed by atoms with Crippen LogP contribution in [-0.4, -0.2) is 33.6 Å². The third-order valence-corrected chi connectivity index (χ3v) is 5.56. The molecule has 1 N–H and O–H groups in total. The van der Waals surface area contributed by atoms with Crippen LogP contribution in [0.25, 0.3) is 4.96 Å². The largest absolute Gasteiger partial charge is 0.467 e. The van der Waals surface area contributed by atoms with Gasteiger partial charge in [0.25, 0.3) is 11.5 Å². The zero-order chi connectivity index (χ0) is 18.1. The van der Waals surface area contributed by atoms with Crippen molar-refractivity contribution in [1.29, 1.82) is 0 Å². The van der Waals surface area contributed by atoms with E-state index in [1.165, 1.54) is 28.3 Å². The van der Waals surface area contributed by atoms with E-state index in [0.29, 0.717) is 16.6 Å². The summed E-state index contributed by atoms with van der Waals surface area (Å²) >= 11 is 1.37. The Morgan fingerprint density at radius 3 is 2.96 bits per heavy atom. The molecule has 1 fully saturated rings. The number of anilines is 1. The molecular weight excluding hydrogens is 354 g/mol. The van der Waals surface area contributed by atoms with Crippen LogP contribution in [0.4, 0.5) is 5.13 Å². The lowest BCUT2D eigenvalue weighted by molar-refractivity contribution is 0.0946. The Labute approximate surface area is 153 Å². The van der Waals surface area contributed by atoms with E-state index in [1.54, 1.807) is 12.1 Å². The van der Waals surface area contributed by atoms with Gasteiger partial charge in [-0.3, -0.25) is 9.59 Å². The van der Waals surface area contributed by atoms with Crippen LogP contribution in [0.15, 0.2) is 33.8 Å². The maximum atomic E-state index is 12.6. The molecule has 3 aromatic rings. The van der Waals surface area contributed by atoms with Crippen molar-refractivity contribution in [2.24, 2.45) is 5.92 Å². The molecular formula is C17H19N5O3S. The van der Waals surface area contributed by atoms with Crippen molar-refractivity contribution in [2.75, 3.05) is 18.0 Å². The monoisotopic (exact) mass is 373 g/mol. The second-order valence-electron chi connectivity index (χ2n) is 6.49. The lowest BCUT2D eigenvalue weighted by Crippen LogP contribution is -2.33. The standard InChI is InChI=1S/C17H19N5O3S/c1-11-4-6-21(7-5-11)17-20-22-15(24)13(10-19-16(22)26-17)14(23)18-9-12-3-2-8-25-12/h2-3,8,10-11H,4-7,9H2,1H3,(H,18,23). The number of nitrogens with zero attached hydrogens (tertiary/aromatic N) is 4. The van der Waals surface area contributed by atoms with Crippen molar-refractivity contribution in [3.63, 3.8) is 0 Å². The highest BCUT2D eigenvalue weighted by Gasteiger charge is 2.21. The minimum Gasteiger partial charge on any atom is -0.467 e. The number of carbonyl (C=O) groups is 1. The van der Waals surface area contributed by atoms with Gasteiger partial charge in [0.05, 0.1) is 12.8 Å². The van der Waals surface area contributed by atoms with E-state index in [4.69, 9.17) is 4.42 Å². The van der Waals surface area contributed by atoms with E-state index in [0.717, 1.165) is 31.1 Å². The van der Waals surface area contributed by atoms with Crippen LogP contribution >= 0.6 is 11.3 Å². The summed E-state index contributed by atoms with van der Waals surface area (Å²) in [4.78, 5) is 31.9. The first kappa shape index (κ1) is 16.8. The predicted molar refractivity (Wildman–Crippen MR) is 97.6 cm³/mol. The normalized spacial score (nSPS) is 15.5. The topological polar surface area (TPSA) is 92.7 Å². The number of amides is 1. The Hall–Kier alpha value is -2.68. The molecule has 0 radical (unpaired) electrons. The van der Waals surface area contributed by atoms with Gasteiger partial charge in [-0.1, -0.05) is 18.3 Å². The average molecular weight is 373 g/mol. The molecule has 0 unspecified atom stereocenters. The molecule has 0 atom stereocenters. The Morgan fingerprint density at radius 1 is 1.42 bits per heavy atom. The van der Waals surface area contributed by atoms with Crippen LogP contribution in [0.3, 0.4) is 0 Å². The summed E-state index contributed by atoms with van der Waals surface area (Å²) in [6.45, 7) is 4.30. The van der Waals surface area contributed by atoms with Gasteiger partial charge in [0.1, 0.15) is 11.3 Å². The summed E-state index contributed by atoms with van der Waals surface area (Å²) < 4.78 is 6.39. The third-order valence-electron chi connectivity index (χ3n) is 4.58. The summed E-state index contributed by atoms with van der Waals surface area (Å²) in [6, 6.07) is 3.49. The van der Waals surface area contributed by atoms with E-state index in [-0.39, 0.29) is 12.1 Å². The number of hydrogen-bond donors (Lipinski definition) is 1. The summed E-state index contributed by atoms with van der Waals surface area (Å²) in [5.41, 5.74) is -0.488. The molecule has 9 heteroatoms. The fourth-order valence-corrected chi connectivity index (χ4v) is 3.85. The summed E-state index contributed by atoms with van der Waals surface area (Å²) in [5, 5.41) is 7.84. The van der Waals surface area contributed by atoms with Crippen molar-refractivity contribution in [2.45, 2.75) is 26.3 Å². The number of carbonyl (C=O) groups excluding carboxylic acids is 1. The fraction of sp³-hybridized carbons (Fsp3) is 0.412. The molecule has 4 rings (SSSR count). The molecule has 1 saturated heterocycles. The molecule has 3 aromatic heterocycles. The van der Waals surface area contributed by atoms with E-state index < -0.39 is 11.5 Å². The average Bonchev–Trinajstić information content (AvgIpc) is 3.30. The number of furan rings is 1. The number of fused-ring (bicyclic) bond motifs is 1. The Balaban J connectivity index is 1.56. The molecule has 0 aromatic carbocycles. The minimum atomic E-state index is -0.491. The van der Waals surface area contributed by atoms with Gasteiger partial charge in [-0.15, -0.1) is 5.10 Å². The number of aromatic nitrogens is 3. The number of piperidine rings is 1. The van der Waals surface area contributed by atoms with E-state index in [1.807, 2.05) is 0 Å². The van der Waals surface area contributed by atoms with Gasteiger partial charge in [-0.25, -0.2) is 4.98 Å². The van der Waals surface area contributed by atoms with Gasteiger partial charge in [0.2, 0.25) is 10.1 Å². The van der Waals surface area contributed by atoms with Crippen LogP contribution in [0.1, 0.15) is 35.9 Å². The van der Waals surface area contributed by atoms with Crippen LogP contribution in [-0.2, 0) is 6.54 Å². The highest BCUT2D eigenvalue weighted by Crippen LogP contribution is 2.26. The van der Waals surface area contributed by atoms with Crippen molar-refractivity contribution >= 4 is 27.3 Å². The molecule has 8 nitrogen and oxygen atoms in total. The summed E-state index contributed by atoms with van der Waals surface area (Å²) in [5.74, 6) is 0.836. The molecule has 136 valence electrons. The van der Waals surface area contributed by atoms with Gasteiger partial charge in [0, 0.05) is 19.3 Å². The Bertz CT molecular complexity index is 970. The highest BCUT2D eigenvalue weighted by atomic mass is 32.1. The molecule has 0 aliphatic carbocycles. The number of hydrogen-bond acceptors (Lipinski definition) is 7. The molecule has 1 aliphatic rings. The second-order valence-corrected chi connectivity index (χ2v) is 7.42. The lowest BCUT2D eigenvalue weighted by Gasteiger charge is -2.29. The van der Waals surface area contributed by atoms with E-state index in [9.17, 15) is 9.59 Å². The van der Waals surface area contributed by atoms with Crippen LogP contribution in [0.5, 0.6) is 0 Å². The molecule has 0 spiro atoms. The fourth-order valence-electron chi connectivity index (χ4n) is 2.94. The molecule has 4 heterocycles. The van der Waals surface area contributed by atoms with E-state index in [2.05, 4.69) is 27.2 Å². The van der Waals surface area contributed by atoms with Gasteiger partial charge in [0.15, 0.2) is 0 Å². The maximum absolute atomic E-state index is 12.6. The van der Waals surface area contributed by atoms with Gasteiger partial charge in [-0.2, -0.15) is 4.52 Å². The van der Waals surface area contributed by atoms with Gasteiger partial charge in [-0.05, 0) is 30.9 Å². The first-order chi connectivity index (χ1) is 12.6. The zero-order valence-electron chi connectivity index (χ0n) is 14.3. The van der Waals surface area contributed by atoms with E-state index >= 15 is 0 Å². The Kier molecular flexibility index (Phi) is 4.46. The molecule has 0 saturated carbocycles. The second kappa shape index (κ2) is 6.91. The van der Waals surface area contributed by atoms with Crippen molar-refractivity contribution < 1.29 is 9.21 Å². The van der Waals surface area contributed by atoms with Gasteiger partial charge < -0.3 is 14.6 Å². The smallest absolute Gasteiger partial charge is 0.288 e. The van der Waals surface area contributed by atoms with Crippen LogP contribution < -0.4 is 15.8 Å². The minimum absolute atomic E-state index is 0.0295. The summed E-state index contributed by atoms with van der Waals surface area (Å²) in [6.07, 6.45) is 5.06. The van der Waals surface area contributed by atoms with Crippen LogP contribution in [0, 0.1) is 5.92 Å². The van der Waals surface area contributed by atoms with Crippen molar-refractivity contribution in [3.05, 3.63) is 46.3 Å². The third kappa shape index (κ3) is 3.22. The number of nitrogens with one attached hydrogen (secondary N) is 1. The molecule has 1 aliphatic heterocycles. The highest BCUT2D eigenvalue weighted by molar-refractivity contribution is 7.20. The number of rotatable bonds is 4. The van der Waals surface area contributed by atoms with Crippen LogP contribution in [0.2, 0.25) is 0 Å².